The van der Waals surface area contributed by atoms with Crippen LogP contribution in [-0.2, 0) is 0 Å². The summed E-state index contributed by atoms with van der Waals surface area (Å²) in [5.74, 6) is -0.0501. The molecule has 2 heterocycles. The molecule has 3 aromatic rings. The number of hydrogen-bond donors (Lipinski definition) is 1. The van der Waals surface area contributed by atoms with E-state index in [9.17, 15) is 9.18 Å². The average molecular weight is 365 g/mol. The first-order chi connectivity index (χ1) is 13.0. The van der Waals surface area contributed by atoms with Gasteiger partial charge in [0.05, 0.1) is 6.04 Å². The molecule has 1 aromatic heterocycles. The maximum atomic E-state index is 13.2. The van der Waals surface area contributed by atoms with Crippen LogP contribution >= 0.6 is 0 Å². The maximum Gasteiger partial charge on any atom is 0.182 e. The van der Waals surface area contributed by atoms with E-state index in [1.807, 2.05) is 50.2 Å². The van der Waals surface area contributed by atoms with Crippen LogP contribution in [-0.4, -0.2) is 47.9 Å². The highest BCUT2D eigenvalue weighted by molar-refractivity contribution is 6.11. The molecule has 5 heteroatoms. The minimum atomic E-state index is -0.217. The predicted molar refractivity (Wildman–Crippen MR) is 107 cm³/mol. The summed E-state index contributed by atoms with van der Waals surface area (Å²) >= 11 is 0. The van der Waals surface area contributed by atoms with E-state index in [-0.39, 0.29) is 17.6 Å². The van der Waals surface area contributed by atoms with Crippen LogP contribution in [0.1, 0.15) is 23.0 Å². The fourth-order valence-corrected chi connectivity index (χ4v) is 3.99. The fraction of sp³-hybridized carbons (Fsp3) is 0.318. The Morgan fingerprint density at radius 2 is 1.70 bits per heavy atom. The van der Waals surface area contributed by atoms with Gasteiger partial charge in [0, 0.05) is 54.0 Å². The summed E-state index contributed by atoms with van der Waals surface area (Å²) in [4.78, 5) is 21.0. The Kier molecular flexibility index (Phi) is 4.70. The van der Waals surface area contributed by atoms with Crippen LogP contribution in [0, 0.1) is 12.7 Å². The highest BCUT2D eigenvalue weighted by atomic mass is 19.1. The van der Waals surface area contributed by atoms with Gasteiger partial charge in [-0.1, -0.05) is 18.2 Å². The van der Waals surface area contributed by atoms with E-state index >= 15 is 0 Å². The number of para-hydroxylation sites is 1. The molecular formula is C22H24FN3O. The van der Waals surface area contributed by atoms with E-state index in [1.165, 1.54) is 12.1 Å². The van der Waals surface area contributed by atoms with Gasteiger partial charge in [0.1, 0.15) is 5.82 Å². The van der Waals surface area contributed by atoms with Crippen molar-refractivity contribution in [2.24, 2.45) is 0 Å². The fourth-order valence-electron chi connectivity index (χ4n) is 3.99. The number of carbonyl (C=O) groups is 1. The summed E-state index contributed by atoms with van der Waals surface area (Å²) in [7, 11) is 0. The predicted octanol–water partition coefficient (Wildman–Crippen LogP) is 4.01. The van der Waals surface area contributed by atoms with Gasteiger partial charge in [0.2, 0.25) is 0 Å². The molecule has 0 unspecified atom stereocenters. The van der Waals surface area contributed by atoms with E-state index in [0.717, 1.165) is 54.0 Å². The van der Waals surface area contributed by atoms with E-state index in [1.54, 1.807) is 0 Å². The van der Waals surface area contributed by atoms with Crippen molar-refractivity contribution in [3.63, 3.8) is 0 Å². The number of aromatic nitrogens is 1. The smallest absolute Gasteiger partial charge is 0.182 e. The van der Waals surface area contributed by atoms with Crippen molar-refractivity contribution in [1.82, 2.24) is 9.88 Å². The summed E-state index contributed by atoms with van der Waals surface area (Å²) in [6.07, 6.45) is 0. The number of halogens is 1. The number of H-pyrrole nitrogens is 1. The SMILES string of the molecule is Cc1[nH]c2ccccc2c1C(=O)[C@@H](C)N1CCN(c2ccc(F)cc2)CC1. The normalized spacial score (nSPS) is 16.6. The molecule has 27 heavy (non-hydrogen) atoms. The standard InChI is InChI=1S/C22H24FN3O/c1-15-21(19-5-3-4-6-20(19)24-15)22(27)16(2)25-11-13-26(14-12-25)18-9-7-17(23)8-10-18/h3-10,16,24H,11-14H2,1-2H3/t16-/m1/s1. The molecular weight excluding hydrogens is 341 g/mol. The number of hydrogen-bond acceptors (Lipinski definition) is 3. The zero-order valence-corrected chi connectivity index (χ0v) is 15.7. The van der Waals surface area contributed by atoms with Gasteiger partial charge in [-0.15, -0.1) is 0 Å². The van der Waals surface area contributed by atoms with Crippen molar-refractivity contribution >= 4 is 22.4 Å². The largest absolute Gasteiger partial charge is 0.369 e. The van der Waals surface area contributed by atoms with Gasteiger partial charge in [-0.25, -0.2) is 4.39 Å². The number of piperazine rings is 1. The van der Waals surface area contributed by atoms with Gasteiger partial charge < -0.3 is 9.88 Å². The van der Waals surface area contributed by atoms with Crippen molar-refractivity contribution in [2.45, 2.75) is 19.9 Å². The van der Waals surface area contributed by atoms with Gasteiger partial charge in [0.25, 0.3) is 0 Å². The lowest BCUT2D eigenvalue weighted by atomic mass is 10.0. The first-order valence-corrected chi connectivity index (χ1v) is 9.40. The molecule has 0 saturated carbocycles. The third-order valence-corrected chi connectivity index (χ3v) is 5.57. The van der Waals surface area contributed by atoms with E-state index < -0.39 is 0 Å². The Labute approximate surface area is 158 Å². The van der Waals surface area contributed by atoms with Crippen LogP contribution in [0.3, 0.4) is 0 Å². The summed E-state index contributed by atoms with van der Waals surface area (Å²) < 4.78 is 13.1. The maximum absolute atomic E-state index is 13.2. The van der Waals surface area contributed by atoms with E-state index in [4.69, 9.17) is 0 Å². The summed E-state index contributed by atoms with van der Waals surface area (Å²) in [5.41, 5.74) is 3.77. The molecule has 1 N–H and O–H groups in total. The van der Waals surface area contributed by atoms with Crippen LogP contribution in [0.5, 0.6) is 0 Å². The van der Waals surface area contributed by atoms with Crippen LogP contribution in [0.2, 0.25) is 0 Å². The molecule has 1 atom stereocenters. The van der Waals surface area contributed by atoms with Crippen molar-refractivity contribution in [3.8, 4) is 0 Å². The molecule has 0 bridgehead atoms. The Morgan fingerprint density at radius 1 is 1.04 bits per heavy atom. The quantitative estimate of drug-likeness (QED) is 0.710. The van der Waals surface area contributed by atoms with Crippen LogP contribution < -0.4 is 4.90 Å². The van der Waals surface area contributed by atoms with E-state index in [2.05, 4.69) is 14.8 Å². The third-order valence-electron chi connectivity index (χ3n) is 5.57. The molecule has 4 nitrogen and oxygen atoms in total. The number of nitrogens with zero attached hydrogens (tertiary/aromatic N) is 2. The van der Waals surface area contributed by atoms with Crippen LogP contribution in [0.15, 0.2) is 48.5 Å². The molecule has 1 aliphatic rings. The molecule has 1 aliphatic heterocycles. The number of Topliss-reactive ketones (excluding diaryl/α,β-unsaturated/α-hetero) is 1. The first kappa shape index (κ1) is 17.7. The van der Waals surface area contributed by atoms with Gasteiger partial charge in [-0.05, 0) is 44.2 Å². The highest BCUT2D eigenvalue weighted by Gasteiger charge is 2.28. The Balaban J connectivity index is 1.47. The van der Waals surface area contributed by atoms with Crippen molar-refractivity contribution in [3.05, 3.63) is 65.6 Å². The number of aryl methyl sites for hydroxylation is 1. The summed E-state index contributed by atoms with van der Waals surface area (Å²) in [6.45, 7) is 7.24. The molecule has 0 spiro atoms. The Morgan fingerprint density at radius 3 is 2.41 bits per heavy atom. The lowest BCUT2D eigenvalue weighted by Crippen LogP contribution is -2.51. The van der Waals surface area contributed by atoms with Gasteiger partial charge in [0.15, 0.2) is 5.78 Å². The van der Waals surface area contributed by atoms with Crippen LogP contribution in [0.25, 0.3) is 10.9 Å². The lowest BCUT2D eigenvalue weighted by Gasteiger charge is -2.38. The zero-order chi connectivity index (χ0) is 19.0. The lowest BCUT2D eigenvalue weighted by molar-refractivity contribution is 0.0831. The molecule has 140 valence electrons. The number of nitrogens with one attached hydrogen (secondary N) is 1. The number of fused-ring (bicyclic) bond motifs is 1. The number of benzene rings is 2. The molecule has 0 amide bonds. The van der Waals surface area contributed by atoms with Gasteiger partial charge in [-0.2, -0.15) is 0 Å². The average Bonchev–Trinajstić information content (AvgIpc) is 3.03. The topological polar surface area (TPSA) is 39.3 Å². The van der Waals surface area contributed by atoms with E-state index in [0.29, 0.717) is 0 Å². The number of carbonyl (C=O) groups excluding carboxylic acids is 1. The molecule has 1 saturated heterocycles. The number of rotatable bonds is 4. The number of ketones is 1. The second-order valence-corrected chi connectivity index (χ2v) is 7.21. The van der Waals surface area contributed by atoms with Gasteiger partial charge >= 0.3 is 0 Å². The molecule has 1 fully saturated rings. The van der Waals surface area contributed by atoms with Crippen molar-refractivity contribution in [2.75, 3.05) is 31.1 Å². The Hall–Kier alpha value is -2.66. The minimum Gasteiger partial charge on any atom is -0.369 e. The number of aromatic amines is 1. The second kappa shape index (κ2) is 7.16. The van der Waals surface area contributed by atoms with Crippen LogP contribution in [0.4, 0.5) is 10.1 Å². The molecule has 0 radical (unpaired) electrons. The Bertz CT molecular complexity index is 955. The summed E-state index contributed by atoms with van der Waals surface area (Å²) in [6, 6.07) is 14.4. The number of anilines is 1. The van der Waals surface area contributed by atoms with Crippen molar-refractivity contribution in [1.29, 1.82) is 0 Å². The molecule has 4 rings (SSSR count). The highest BCUT2D eigenvalue weighted by Crippen LogP contribution is 2.25. The van der Waals surface area contributed by atoms with Crippen molar-refractivity contribution < 1.29 is 9.18 Å². The second-order valence-electron chi connectivity index (χ2n) is 7.21. The third kappa shape index (κ3) is 3.35. The minimum absolute atomic E-state index is 0.167. The zero-order valence-electron chi connectivity index (χ0n) is 15.7. The molecule has 0 aliphatic carbocycles. The monoisotopic (exact) mass is 365 g/mol. The summed E-state index contributed by atoms with van der Waals surface area (Å²) in [5, 5.41) is 0.997. The molecule has 2 aromatic carbocycles. The van der Waals surface area contributed by atoms with Gasteiger partial charge in [-0.3, -0.25) is 9.69 Å². The first-order valence-electron chi connectivity index (χ1n) is 9.40.